The first-order valence-electron chi connectivity index (χ1n) is 7.28. The molecule has 1 aromatic carbocycles. The van der Waals surface area contributed by atoms with Gasteiger partial charge in [-0.3, -0.25) is 4.79 Å². The molecule has 0 spiro atoms. The molecule has 1 fully saturated rings. The number of hydrogen-bond donors (Lipinski definition) is 2. The van der Waals surface area contributed by atoms with Crippen molar-refractivity contribution in [3.63, 3.8) is 0 Å². The second-order valence-corrected chi connectivity index (χ2v) is 6.37. The number of nitrogens with two attached hydrogens (primary N) is 1. The average Bonchev–Trinajstić information content (AvgIpc) is 3.09. The normalized spacial score (nSPS) is 15.3. The van der Waals surface area contributed by atoms with Crippen molar-refractivity contribution in [1.29, 1.82) is 0 Å². The molecule has 21 heavy (non-hydrogen) atoms. The molecule has 1 heterocycles. The van der Waals surface area contributed by atoms with Crippen LogP contribution >= 0.6 is 11.5 Å². The number of carbonyl (C=O) groups is 1. The summed E-state index contributed by atoms with van der Waals surface area (Å²) in [7, 11) is 0. The number of aryl methyl sites for hydroxylation is 1. The van der Waals surface area contributed by atoms with Crippen LogP contribution in [-0.2, 0) is 0 Å². The molecule has 0 unspecified atom stereocenters. The van der Waals surface area contributed by atoms with Crippen molar-refractivity contribution < 1.29 is 4.79 Å². The predicted octanol–water partition coefficient (Wildman–Crippen LogP) is 3.37. The van der Waals surface area contributed by atoms with Gasteiger partial charge in [-0.2, -0.15) is 4.37 Å². The zero-order chi connectivity index (χ0) is 14.8. The fourth-order valence-corrected chi connectivity index (χ4v) is 3.42. The molecule has 0 bridgehead atoms. The minimum atomic E-state index is -0.0877. The van der Waals surface area contributed by atoms with E-state index in [1.165, 1.54) is 29.9 Å². The van der Waals surface area contributed by atoms with Gasteiger partial charge in [0.25, 0.3) is 5.91 Å². The first-order valence-corrected chi connectivity index (χ1v) is 8.05. The molecule has 1 aliphatic rings. The van der Waals surface area contributed by atoms with Crippen molar-refractivity contribution in [1.82, 2.24) is 9.69 Å². The smallest absolute Gasteiger partial charge is 0.265 e. The third-order valence-corrected chi connectivity index (χ3v) is 4.81. The lowest BCUT2D eigenvalue weighted by molar-refractivity contribution is 0.0943. The third kappa shape index (κ3) is 2.93. The lowest BCUT2D eigenvalue weighted by atomic mass is 10.1. The summed E-state index contributed by atoms with van der Waals surface area (Å²) in [6.45, 7) is 2.04. The van der Waals surface area contributed by atoms with E-state index in [1.807, 2.05) is 31.2 Å². The van der Waals surface area contributed by atoms with Gasteiger partial charge in [-0.05, 0) is 31.3 Å². The summed E-state index contributed by atoms with van der Waals surface area (Å²) in [4.78, 5) is 12.8. The Bertz CT molecular complexity index is 642. The van der Waals surface area contributed by atoms with Crippen LogP contribution in [0, 0.1) is 6.92 Å². The lowest BCUT2D eigenvalue weighted by Gasteiger charge is -2.10. The predicted molar refractivity (Wildman–Crippen MR) is 86.4 cm³/mol. The van der Waals surface area contributed by atoms with Crippen LogP contribution in [0.15, 0.2) is 24.3 Å². The fourth-order valence-electron chi connectivity index (χ4n) is 2.70. The summed E-state index contributed by atoms with van der Waals surface area (Å²) >= 11 is 1.18. The molecule has 2 aromatic rings. The molecule has 110 valence electrons. The van der Waals surface area contributed by atoms with Gasteiger partial charge in [-0.15, -0.1) is 0 Å². The van der Waals surface area contributed by atoms with Gasteiger partial charge < -0.3 is 11.1 Å². The van der Waals surface area contributed by atoms with Crippen LogP contribution in [0.25, 0.3) is 11.3 Å². The van der Waals surface area contributed by atoms with Crippen LogP contribution in [-0.4, -0.2) is 16.3 Å². The minimum absolute atomic E-state index is 0.0877. The summed E-state index contributed by atoms with van der Waals surface area (Å²) in [5.41, 5.74) is 9.47. The first-order chi connectivity index (χ1) is 10.1. The van der Waals surface area contributed by atoms with Crippen LogP contribution in [0.1, 0.15) is 40.9 Å². The van der Waals surface area contributed by atoms with Crippen molar-refractivity contribution >= 4 is 23.1 Å². The number of nitrogen functional groups attached to an aromatic ring is 1. The maximum Gasteiger partial charge on any atom is 0.265 e. The summed E-state index contributed by atoms with van der Waals surface area (Å²) in [6.07, 6.45) is 4.51. The third-order valence-electron chi connectivity index (χ3n) is 3.95. The Morgan fingerprint density at radius 3 is 2.62 bits per heavy atom. The van der Waals surface area contributed by atoms with Crippen LogP contribution < -0.4 is 11.1 Å². The molecule has 0 saturated heterocycles. The number of anilines is 1. The molecule has 0 radical (unpaired) electrons. The van der Waals surface area contributed by atoms with Crippen LogP contribution in [0.4, 0.5) is 5.69 Å². The van der Waals surface area contributed by atoms with Gasteiger partial charge in [0.15, 0.2) is 0 Å². The number of carbonyl (C=O) groups excluding carboxylic acids is 1. The van der Waals surface area contributed by atoms with E-state index in [2.05, 4.69) is 9.69 Å². The quantitative estimate of drug-likeness (QED) is 0.913. The zero-order valence-corrected chi connectivity index (χ0v) is 12.9. The van der Waals surface area contributed by atoms with Gasteiger partial charge in [0, 0.05) is 11.6 Å². The van der Waals surface area contributed by atoms with E-state index >= 15 is 0 Å². The Morgan fingerprint density at radius 1 is 1.29 bits per heavy atom. The number of benzene rings is 1. The highest BCUT2D eigenvalue weighted by atomic mass is 32.1. The van der Waals surface area contributed by atoms with Gasteiger partial charge in [0.2, 0.25) is 0 Å². The largest absolute Gasteiger partial charge is 0.396 e. The SMILES string of the molecule is Cc1ccc(-c2nsc(C(=O)NC3CCCC3)c2N)cc1. The average molecular weight is 301 g/mol. The van der Waals surface area contributed by atoms with Crippen molar-refractivity contribution in [3.8, 4) is 11.3 Å². The Labute approximate surface area is 128 Å². The lowest BCUT2D eigenvalue weighted by Crippen LogP contribution is -2.32. The Kier molecular flexibility index (Phi) is 3.92. The Hall–Kier alpha value is -1.88. The molecule has 3 N–H and O–H groups in total. The minimum Gasteiger partial charge on any atom is -0.396 e. The molecule has 3 rings (SSSR count). The number of amides is 1. The van der Waals surface area contributed by atoms with Gasteiger partial charge >= 0.3 is 0 Å². The van der Waals surface area contributed by atoms with Crippen molar-refractivity contribution in [2.75, 3.05) is 5.73 Å². The molecule has 5 heteroatoms. The van der Waals surface area contributed by atoms with Crippen molar-refractivity contribution in [2.24, 2.45) is 0 Å². The second-order valence-electron chi connectivity index (χ2n) is 5.59. The van der Waals surface area contributed by atoms with Crippen LogP contribution in [0.3, 0.4) is 0 Å². The maximum atomic E-state index is 12.3. The molecular weight excluding hydrogens is 282 g/mol. The Morgan fingerprint density at radius 2 is 1.95 bits per heavy atom. The highest BCUT2D eigenvalue weighted by Crippen LogP contribution is 2.31. The monoisotopic (exact) mass is 301 g/mol. The van der Waals surface area contributed by atoms with Gasteiger partial charge in [0.05, 0.1) is 5.69 Å². The van der Waals surface area contributed by atoms with E-state index in [-0.39, 0.29) is 5.91 Å². The van der Waals surface area contributed by atoms with Gasteiger partial charge in [-0.25, -0.2) is 0 Å². The summed E-state index contributed by atoms with van der Waals surface area (Å²) in [6, 6.07) is 8.30. The zero-order valence-electron chi connectivity index (χ0n) is 12.1. The van der Waals surface area contributed by atoms with E-state index in [1.54, 1.807) is 0 Å². The van der Waals surface area contributed by atoms with Crippen LogP contribution in [0.5, 0.6) is 0 Å². The highest BCUT2D eigenvalue weighted by molar-refractivity contribution is 7.09. The number of aromatic nitrogens is 1. The van der Waals surface area contributed by atoms with Crippen LogP contribution in [0.2, 0.25) is 0 Å². The number of rotatable bonds is 3. The number of nitrogens with one attached hydrogen (secondary N) is 1. The number of hydrogen-bond acceptors (Lipinski definition) is 4. The van der Waals surface area contributed by atoms with E-state index < -0.39 is 0 Å². The Balaban J connectivity index is 1.81. The highest BCUT2D eigenvalue weighted by Gasteiger charge is 2.22. The van der Waals surface area contributed by atoms with E-state index in [9.17, 15) is 4.79 Å². The molecule has 1 saturated carbocycles. The van der Waals surface area contributed by atoms with E-state index in [4.69, 9.17) is 5.73 Å². The molecule has 1 aliphatic carbocycles. The molecule has 4 nitrogen and oxygen atoms in total. The first kappa shape index (κ1) is 14.1. The molecule has 1 aromatic heterocycles. The maximum absolute atomic E-state index is 12.3. The van der Waals surface area contributed by atoms with E-state index in [0.29, 0.717) is 22.3 Å². The second kappa shape index (κ2) is 5.85. The van der Waals surface area contributed by atoms with Crippen molar-refractivity contribution in [2.45, 2.75) is 38.6 Å². The number of nitrogens with zero attached hydrogens (tertiary/aromatic N) is 1. The summed E-state index contributed by atoms with van der Waals surface area (Å²) in [5.74, 6) is -0.0877. The van der Waals surface area contributed by atoms with Gasteiger partial charge in [0.1, 0.15) is 10.6 Å². The van der Waals surface area contributed by atoms with Gasteiger partial charge in [-0.1, -0.05) is 42.7 Å². The summed E-state index contributed by atoms with van der Waals surface area (Å²) < 4.78 is 4.37. The van der Waals surface area contributed by atoms with E-state index in [0.717, 1.165) is 18.4 Å². The standard InChI is InChI=1S/C16H19N3OS/c1-10-6-8-11(9-7-10)14-13(17)15(21-19-14)16(20)18-12-4-2-3-5-12/h6-9,12H,2-5,17H2,1H3,(H,18,20). The summed E-state index contributed by atoms with van der Waals surface area (Å²) in [5, 5.41) is 3.06. The fraction of sp³-hybridized carbons (Fsp3) is 0.375. The molecule has 0 atom stereocenters. The topological polar surface area (TPSA) is 68.0 Å². The molecular formula is C16H19N3OS. The molecule has 1 amide bonds. The van der Waals surface area contributed by atoms with Crippen molar-refractivity contribution in [3.05, 3.63) is 34.7 Å². The molecule has 0 aliphatic heterocycles.